The minimum atomic E-state index is -0.811. The van der Waals surface area contributed by atoms with Gasteiger partial charge in [-0.25, -0.2) is 0 Å². The van der Waals surface area contributed by atoms with Gasteiger partial charge in [0.15, 0.2) is 5.84 Å². The van der Waals surface area contributed by atoms with E-state index >= 15 is 0 Å². The van der Waals surface area contributed by atoms with Crippen LogP contribution in [0.4, 0.5) is 0 Å². The maximum absolute atomic E-state index is 12.3. The van der Waals surface area contributed by atoms with Crippen molar-refractivity contribution in [2.75, 3.05) is 0 Å². The first-order chi connectivity index (χ1) is 9.00. The van der Waals surface area contributed by atoms with Crippen LogP contribution in [0.2, 0.25) is 0 Å². The summed E-state index contributed by atoms with van der Waals surface area (Å²) in [6.07, 6.45) is 1.11. The van der Waals surface area contributed by atoms with Crippen molar-refractivity contribution in [2.24, 2.45) is 10.9 Å². The Morgan fingerprint density at radius 1 is 1.37 bits per heavy atom. The van der Waals surface area contributed by atoms with Crippen molar-refractivity contribution in [3.63, 3.8) is 0 Å². The van der Waals surface area contributed by atoms with E-state index in [0.717, 1.165) is 5.56 Å². The Hall–Kier alpha value is -2.04. The van der Waals surface area contributed by atoms with E-state index in [2.05, 4.69) is 10.5 Å². The molecule has 0 aliphatic rings. The molecule has 0 radical (unpaired) electrons. The molecule has 0 bridgehead atoms. The average Bonchev–Trinajstić information content (AvgIpc) is 2.44. The summed E-state index contributed by atoms with van der Waals surface area (Å²) in [5.74, 6) is -0.187. The first kappa shape index (κ1) is 15.0. The lowest BCUT2D eigenvalue weighted by atomic mass is 9.90. The largest absolute Gasteiger partial charge is 0.409 e. The lowest BCUT2D eigenvalue weighted by Crippen LogP contribution is -2.57. The van der Waals surface area contributed by atoms with Crippen molar-refractivity contribution in [2.45, 2.75) is 39.2 Å². The zero-order chi connectivity index (χ0) is 14.5. The van der Waals surface area contributed by atoms with Crippen molar-refractivity contribution in [1.82, 2.24) is 5.32 Å². The van der Waals surface area contributed by atoms with Crippen LogP contribution in [0.3, 0.4) is 0 Å². The average molecular weight is 263 g/mol. The number of nitrogens with zero attached hydrogens (tertiary/aromatic N) is 1. The third kappa shape index (κ3) is 3.05. The number of benzene rings is 1. The quantitative estimate of drug-likeness (QED) is 0.329. The van der Waals surface area contributed by atoms with E-state index < -0.39 is 5.54 Å². The molecule has 0 spiro atoms. The Morgan fingerprint density at radius 3 is 2.42 bits per heavy atom. The third-order valence-electron chi connectivity index (χ3n) is 3.55. The second kappa shape index (κ2) is 6.22. The van der Waals surface area contributed by atoms with Gasteiger partial charge in [0, 0.05) is 5.56 Å². The summed E-state index contributed by atoms with van der Waals surface area (Å²) in [6.45, 7) is 5.65. The number of amidine groups is 1. The summed E-state index contributed by atoms with van der Waals surface area (Å²) in [6, 6.07) is 7.32. The number of oxime groups is 1. The molecule has 0 aliphatic carbocycles. The number of hydrogen-bond donors (Lipinski definition) is 3. The molecule has 5 heteroatoms. The monoisotopic (exact) mass is 263 g/mol. The molecule has 0 aliphatic heterocycles. The summed E-state index contributed by atoms with van der Waals surface area (Å²) in [4.78, 5) is 12.3. The molecule has 0 heterocycles. The van der Waals surface area contributed by atoms with Gasteiger partial charge in [0.05, 0.1) is 0 Å². The first-order valence-corrected chi connectivity index (χ1v) is 6.37. The van der Waals surface area contributed by atoms with Crippen molar-refractivity contribution in [3.05, 3.63) is 35.4 Å². The molecule has 0 atom stereocenters. The normalized spacial score (nSPS) is 12.3. The number of nitrogens with one attached hydrogen (secondary N) is 1. The second-order valence-corrected chi connectivity index (χ2v) is 4.54. The number of aryl methyl sites for hydroxylation is 1. The number of amides is 1. The highest BCUT2D eigenvalue weighted by molar-refractivity contribution is 6.01. The zero-order valence-electron chi connectivity index (χ0n) is 11.6. The zero-order valence-corrected chi connectivity index (χ0v) is 11.6. The van der Waals surface area contributed by atoms with Gasteiger partial charge in [-0.2, -0.15) is 0 Å². The van der Waals surface area contributed by atoms with Crippen molar-refractivity contribution in [3.8, 4) is 0 Å². The van der Waals surface area contributed by atoms with E-state index in [1.54, 1.807) is 6.07 Å². The number of hydrogen-bond acceptors (Lipinski definition) is 3. The molecule has 1 rings (SSSR count). The first-order valence-electron chi connectivity index (χ1n) is 6.37. The molecule has 1 aromatic rings. The molecule has 1 amide bonds. The highest BCUT2D eigenvalue weighted by Crippen LogP contribution is 2.17. The predicted molar refractivity (Wildman–Crippen MR) is 75.4 cm³/mol. The fourth-order valence-corrected chi connectivity index (χ4v) is 2.06. The van der Waals surface area contributed by atoms with Gasteiger partial charge >= 0.3 is 0 Å². The molecule has 0 aromatic heterocycles. The summed E-state index contributed by atoms with van der Waals surface area (Å²) >= 11 is 0. The molecule has 5 nitrogen and oxygen atoms in total. The van der Waals surface area contributed by atoms with Gasteiger partial charge in [0.2, 0.25) is 0 Å². The van der Waals surface area contributed by atoms with Gasteiger partial charge in [-0.1, -0.05) is 37.2 Å². The van der Waals surface area contributed by atoms with E-state index in [1.165, 1.54) is 0 Å². The highest BCUT2D eigenvalue weighted by atomic mass is 16.4. The molecule has 0 fully saturated rings. The molecule has 1 aromatic carbocycles. The van der Waals surface area contributed by atoms with Crippen LogP contribution in [0.1, 0.15) is 42.6 Å². The molecular weight excluding hydrogens is 242 g/mol. The number of nitrogens with two attached hydrogens (primary N) is 1. The van der Waals surface area contributed by atoms with Crippen molar-refractivity contribution in [1.29, 1.82) is 0 Å². The van der Waals surface area contributed by atoms with Crippen LogP contribution in [0.25, 0.3) is 0 Å². The van der Waals surface area contributed by atoms with Crippen LogP contribution in [0.5, 0.6) is 0 Å². The summed E-state index contributed by atoms with van der Waals surface area (Å²) in [5.41, 5.74) is 6.40. The molecular formula is C14H21N3O2. The molecule has 0 unspecified atom stereocenters. The molecule has 19 heavy (non-hydrogen) atoms. The van der Waals surface area contributed by atoms with Crippen LogP contribution in [0, 0.1) is 6.92 Å². The Balaban J connectivity index is 3.05. The topological polar surface area (TPSA) is 87.7 Å². The van der Waals surface area contributed by atoms with Gasteiger partial charge in [-0.15, -0.1) is 0 Å². The van der Waals surface area contributed by atoms with E-state index in [4.69, 9.17) is 10.9 Å². The lowest BCUT2D eigenvalue weighted by Gasteiger charge is -2.31. The van der Waals surface area contributed by atoms with Gasteiger partial charge in [-0.05, 0) is 31.4 Å². The van der Waals surface area contributed by atoms with Gasteiger partial charge in [0.1, 0.15) is 5.54 Å². The number of rotatable bonds is 5. The Morgan fingerprint density at radius 2 is 1.95 bits per heavy atom. The second-order valence-electron chi connectivity index (χ2n) is 4.54. The number of carbonyl (C=O) groups excluding carboxylic acids is 1. The van der Waals surface area contributed by atoms with Gasteiger partial charge in [-0.3, -0.25) is 4.79 Å². The summed E-state index contributed by atoms with van der Waals surface area (Å²) < 4.78 is 0. The minimum absolute atomic E-state index is 0.0273. The van der Waals surface area contributed by atoms with E-state index in [1.807, 2.05) is 39.0 Å². The third-order valence-corrected chi connectivity index (χ3v) is 3.55. The van der Waals surface area contributed by atoms with Crippen LogP contribution < -0.4 is 11.1 Å². The van der Waals surface area contributed by atoms with E-state index in [-0.39, 0.29) is 11.7 Å². The van der Waals surface area contributed by atoms with Crippen molar-refractivity contribution >= 4 is 11.7 Å². The van der Waals surface area contributed by atoms with Crippen LogP contribution >= 0.6 is 0 Å². The molecule has 4 N–H and O–H groups in total. The fourth-order valence-electron chi connectivity index (χ4n) is 2.06. The standard InChI is InChI=1S/C14H21N3O2/c1-4-14(5-2,13(15)17-19)16-12(18)11-9-7-6-8-10(11)3/h6-9,19H,4-5H2,1-3H3,(H2,15,17)(H,16,18). The van der Waals surface area contributed by atoms with Gasteiger partial charge in [0.25, 0.3) is 5.91 Å². The molecule has 0 saturated heterocycles. The van der Waals surface area contributed by atoms with E-state index in [9.17, 15) is 4.79 Å². The SMILES string of the molecule is CCC(CC)(NC(=O)c1ccccc1C)/C(N)=N/O. The maximum atomic E-state index is 12.3. The van der Waals surface area contributed by atoms with E-state index in [0.29, 0.717) is 18.4 Å². The van der Waals surface area contributed by atoms with Crippen molar-refractivity contribution < 1.29 is 10.0 Å². The molecule has 104 valence electrons. The predicted octanol–water partition coefficient (Wildman–Crippen LogP) is 2.03. The van der Waals surface area contributed by atoms with Crippen LogP contribution in [-0.4, -0.2) is 22.5 Å². The molecule has 0 saturated carbocycles. The smallest absolute Gasteiger partial charge is 0.252 e. The Bertz CT molecular complexity index is 479. The van der Waals surface area contributed by atoms with Crippen LogP contribution in [-0.2, 0) is 0 Å². The number of carbonyl (C=O) groups is 1. The van der Waals surface area contributed by atoms with Gasteiger partial charge < -0.3 is 16.3 Å². The summed E-state index contributed by atoms with van der Waals surface area (Å²) in [5, 5.41) is 14.8. The Labute approximate surface area is 113 Å². The van der Waals surface area contributed by atoms with Crippen LogP contribution in [0.15, 0.2) is 29.4 Å². The summed E-state index contributed by atoms with van der Waals surface area (Å²) in [7, 11) is 0. The minimum Gasteiger partial charge on any atom is -0.409 e. The highest BCUT2D eigenvalue weighted by Gasteiger charge is 2.33. The lowest BCUT2D eigenvalue weighted by molar-refractivity contribution is 0.0917. The fraction of sp³-hybridized carbons (Fsp3) is 0.429. The maximum Gasteiger partial charge on any atom is 0.252 e. The Kier molecular flexibility index (Phi) is 4.92.